The second kappa shape index (κ2) is 7.24. The molecule has 4 nitrogen and oxygen atoms in total. The Morgan fingerprint density at radius 1 is 1.29 bits per heavy atom. The summed E-state index contributed by atoms with van der Waals surface area (Å²) in [6.07, 6.45) is 0. The SMILES string of the molecule is CC(=O)N(CCNC(=O)c1cccs1)c1cccc(Cl)c1. The van der Waals surface area contributed by atoms with Crippen LogP contribution in [-0.4, -0.2) is 24.9 Å². The van der Waals surface area contributed by atoms with Crippen molar-refractivity contribution in [3.8, 4) is 0 Å². The Bertz CT molecular complexity index is 628. The van der Waals surface area contributed by atoms with Gasteiger partial charge in [-0.2, -0.15) is 0 Å². The fraction of sp³-hybridized carbons (Fsp3) is 0.200. The molecule has 0 radical (unpaired) electrons. The predicted octanol–water partition coefficient (Wildman–Crippen LogP) is 3.18. The van der Waals surface area contributed by atoms with Crippen molar-refractivity contribution in [3.63, 3.8) is 0 Å². The highest BCUT2D eigenvalue weighted by Gasteiger charge is 2.12. The first kappa shape index (κ1) is 15.5. The molecule has 2 amide bonds. The van der Waals surface area contributed by atoms with Crippen LogP contribution in [0.25, 0.3) is 0 Å². The Morgan fingerprint density at radius 3 is 2.71 bits per heavy atom. The van der Waals surface area contributed by atoms with Crippen molar-refractivity contribution in [2.75, 3.05) is 18.0 Å². The van der Waals surface area contributed by atoms with E-state index in [1.54, 1.807) is 29.2 Å². The zero-order valence-corrected chi connectivity index (χ0v) is 13.1. The van der Waals surface area contributed by atoms with E-state index in [0.717, 1.165) is 5.69 Å². The summed E-state index contributed by atoms with van der Waals surface area (Å²) < 4.78 is 0. The van der Waals surface area contributed by atoms with Crippen LogP contribution in [-0.2, 0) is 4.79 Å². The summed E-state index contributed by atoms with van der Waals surface area (Å²) in [5.41, 5.74) is 0.723. The molecule has 110 valence electrons. The minimum atomic E-state index is -0.125. The van der Waals surface area contributed by atoms with Crippen LogP contribution in [0.15, 0.2) is 41.8 Å². The molecule has 2 rings (SSSR count). The summed E-state index contributed by atoms with van der Waals surface area (Å²) in [6, 6.07) is 10.7. The van der Waals surface area contributed by atoms with Gasteiger partial charge in [-0.05, 0) is 29.6 Å². The Hall–Kier alpha value is -1.85. The lowest BCUT2D eigenvalue weighted by atomic mass is 10.3. The van der Waals surface area contributed by atoms with E-state index in [2.05, 4.69) is 5.32 Å². The molecule has 0 saturated heterocycles. The number of carbonyl (C=O) groups is 2. The largest absolute Gasteiger partial charge is 0.350 e. The van der Waals surface area contributed by atoms with Crippen LogP contribution in [0.1, 0.15) is 16.6 Å². The van der Waals surface area contributed by atoms with Gasteiger partial charge in [-0.3, -0.25) is 9.59 Å². The lowest BCUT2D eigenvalue weighted by Crippen LogP contribution is -2.37. The quantitative estimate of drug-likeness (QED) is 0.919. The molecule has 0 bridgehead atoms. The van der Waals surface area contributed by atoms with Gasteiger partial charge in [-0.25, -0.2) is 0 Å². The number of nitrogens with zero attached hydrogens (tertiary/aromatic N) is 1. The molecule has 1 N–H and O–H groups in total. The normalized spacial score (nSPS) is 10.2. The molecule has 0 unspecified atom stereocenters. The average Bonchev–Trinajstić information content (AvgIpc) is 2.97. The minimum absolute atomic E-state index is 0.0948. The Kier molecular flexibility index (Phi) is 5.36. The third-order valence-corrected chi connectivity index (χ3v) is 3.97. The maximum absolute atomic E-state index is 11.8. The van der Waals surface area contributed by atoms with Crippen molar-refractivity contribution in [2.45, 2.75) is 6.92 Å². The zero-order chi connectivity index (χ0) is 15.2. The molecule has 0 fully saturated rings. The molecule has 1 aromatic carbocycles. The van der Waals surface area contributed by atoms with E-state index >= 15 is 0 Å². The van der Waals surface area contributed by atoms with Gasteiger partial charge in [0.05, 0.1) is 4.88 Å². The minimum Gasteiger partial charge on any atom is -0.350 e. The fourth-order valence-electron chi connectivity index (χ4n) is 1.89. The second-order valence-corrected chi connectivity index (χ2v) is 5.77. The number of carbonyl (C=O) groups excluding carboxylic acids is 2. The van der Waals surface area contributed by atoms with Crippen LogP contribution < -0.4 is 10.2 Å². The van der Waals surface area contributed by atoms with Crippen LogP contribution in [0.2, 0.25) is 5.02 Å². The van der Waals surface area contributed by atoms with Crippen LogP contribution in [0, 0.1) is 0 Å². The molecule has 21 heavy (non-hydrogen) atoms. The summed E-state index contributed by atoms with van der Waals surface area (Å²) in [6.45, 7) is 2.26. The van der Waals surface area contributed by atoms with Crippen molar-refractivity contribution in [3.05, 3.63) is 51.7 Å². The Morgan fingerprint density at radius 2 is 2.10 bits per heavy atom. The molecular weight excluding hydrogens is 308 g/mol. The third-order valence-electron chi connectivity index (χ3n) is 2.87. The number of amides is 2. The van der Waals surface area contributed by atoms with E-state index in [0.29, 0.717) is 23.0 Å². The van der Waals surface area contributed by atoms with E-state index in [9.17, 15) is 9.59 Å². The smallest absolute Gasteiger partial charge is 0.261 e. The van der Waals surface area contributed by atoms with Gasteiger partial charge in [0.1, 0.15) is 0 Å². The topological polar surface area (TPSA) is 49.4 Å². The lowest BCUT2D eigenvalue weighted by molar-refractivity contribution is -0.116. The number of rotatable bonds is 5. The molecule has 0 aliphatic heterocycles. The first-order valence-electron chi connectivity index (χ1n) is 6.43. The van der Waals surface area contributed by atoms with Gasteiger partial charge in [0.15, 0.2) is 0 Å². The Labute approximate surface area is 132 Å². The third kappa shape index (κ3) is 4.31. The number of hydrogen-bond donors (Lipinski definition) is 1. The van der Waals surface area contributed by atoms with E-state index in [4.69, 9.17) is 11.6 Å². The first-order valence-corrected chi connectivity index (χ1v) is 7.69. The number of thiophene rings is 1. The van der Waals surface area contributed by atoms with Gasteiger partial charge in [0.25, 0.3) is 5.91 Å². The van der Waals surface area contributed by atoms with Crippen molar-refractivity contribution in [1.29, 1.82) is 0 Å². The average molecular weight is 323 g/mol. The highest BCUT2D eigenvalue weighted by atomic mass is 35.5. The molecule has 2 aromatic rings. The van der Waals surface area contributed by atoms with Gasteiger partial charge in [0, 0.05) is 30.7 Å². The molecule has 0 spiro atoms. The van der Waals surface area contributed by atoms with Crippen molar-refractivity contribution >= 4 is 40.4 Å². The molecule has 0 atom stereocenters. The van der Waals surface area contributed by atoms with Crippen LogP contribution in [0.3, 0.4) is 0 Å². The van der Waals surface area contributed by atoms with Crippen LogP contribution in [0.5, 0.6) is 0 Å². The number of benzene rings is 1. The number of anilines is 1. The maximum Gasteiger partial charge on any atom is 0.261 e. The van der Waals surface area contributed by atoms with Crippen LogP contribution >= 0.6 is 22.9 Å². The summed E-state index contributed by atoms with van der Waals surface area (Å²) in [7, 11) is 0. The standard InChI is InChI=1S/C15H15ClN2O2S/c1-11(19)18(13-5-2-4-12(16)10-13)8-7-17-15(20)14-6-3-9-21-14/h2-6,9-10H,7-8H2,1H3,(H,17,20). The monoisotopic (exact) mass is 322 g/mol. The second-order valence-electron chi connectivity index (χ2n) is 4.38. The van der Waals surface area contributed by atoms with Crippen molar-refractivity contribution in [2.24, 2.45) is 0 Å². The molecular formula is C15H15ClN2O2S. The first-order chi connectivity index (χ1) is 10.1. The van der Waals surface area contributed by atoms with Gasteiger partial charge in [0.2, 0.25) is 5.91 Å². The van der Waals surface area contributed by atoms with Gasteiger partial charge in [-0.1, -0.05) is 23.7 Å². The van der Waals surface area contributed by atoms with Gasteiger partial charge >= 0.3 is 0 Å². The summed E-state index contributed by atoms with van der Waals surface area (Å²) in [4.78, 5) is 25.8. The molecule has 1 heterocycles. The number of hydrogen-bond acceptors (Lipinski definition) is 3. The highest BCUT2D eigenvalue weighted by Crippen LogP contribution is 2.19. The summed E-state index contributed by atoms with van der Waals surface area (Å²) >= 11 is 7.32. The van der Waals surface area contributed by atoms with E-state index in [1.165, 1.54) is 18.3 Å². The van der Waals surface area contributed by atoms with E-state index in [-0.39, 0.29) is 11.8 Å². The van der Waals surface area contributed by atoms with Crippen LogP contribution in [0.4, 0.5) is 5.69 Å². The van der Waals surface area contributed by atoms with E-state index in [1.807, 2.05) is 17.5 Å². The molecule has 0 aliphatic rings. The van der Waals surface area contributed by atoms with Crippen molar-refractivity contribution in [1.82, 2.24) is 5.32 Å². The van der Waals surface area contributed by atoms with E-state index < -0.39 is 0 Å². The van der Waals surface area contributed by atoms with Crippen molar-refractivity contribution < 1.29 is 9.59 Å². The van der Waals surface area contributed by atoms with Gasteiger partial charge < -0.3 is 10.2 Å². The lowest BCUT2D eigenvalue weighted by Gasteiger charge is -2.21. The zero-order valence-electron chi connectivity index (χ0n) is 11.5. The fourth-order valence-corrected chi connectivity index (χ4v) is 2.71. The summed E-state index contributed by atoms with van der Waals surface area (Å²) in [5.74, 6) is -0.220. The Balaban J connectivity index is 1.95. The molecule has 6 heteroatoms. The number of nitrogens with one attached hydrogen (secondary N) is 1. The molecule has 0 aliphatic carbocycles. The highest BCUT2D eigenvalue weighted by molar-refractivity contribution is 7.12. The van der Waals surface area contributed by atoms with Gasteiger partial charge in [-0.15, -0.1) is 11.3 Å². The maximum atomic E-state index is 11.8. The summed E-state index contributed by atoms with van der Waals surface area (Å²) in [5, 5.41) is 5.22. The number of halogens is 1. The molecule has 1 aromatic heterocycles. The predicted molar refractivity (Wildman–Crippen MR) is 86.1 cm³/mol. The molecule has 0 saturated carbocycles.